The molecule has 1 aliphatic heterocycles. The van der Waals surface area contributed by atoms with Gasteiger partial charge in [-0.2, -0.15) is 0 Å². The van der Waals surface area contributed by atoms with Crippen LogP contribution in [0, 0.1) is 0 Å². The summed E-state index contributed by atoms with van der Waals surface area (Å²) in [6, 6.07) is 8.84. The quantitative estimate of drug-likeness (QED) is 0.634. The summed E-state index contributed by atoms with van der Waals surface area (Å²) in [5.74, 6) is 0.537. The maximum atomic E-state index is 9.61. The number of rotatable bonds is 2. The first kappa shape index (κ1) is 11.3. The molecule has 1 aromatic rings. The van der Waals surface area contributed by atoms with Gasteiger partial charge in [-0.15, -0.1) is 0 Å². The lowest BCUT2D eigenvalue weighted by Crippen LogP contribution is -2.54. The summed E-state index contributed by atoms with van der Waals surface area (Å²) in [5, 5.41) is 28.3. The van der Waals surface area contributed by atoms with Gasteiger partial charge < -0.3 is 24.8 Å². The van der Waals surface area contributed by atoms with Crippen molar-refractivity contribution in [2.75, 3.05) is 6.61 Å². The molecule has 3 N–H and O–H groups in total. The van der Waals surface area contributed by atoms with Crippen molar-refractivity contribution in [1.29, 1.82) is 0 Å². The molecule has 2 rings (SSSR count). The van der Waals surface area contributed by atoms with Crippen LogP contribution in [0.3, 0.4) is 0 Å². The molecule has 0 aromatic heterocycles. The van der Waals surface area contributed by atoms with Crippen molar-refractivity contribution in [2.45, 2.75) is 24.6 Å². The number of hydrogen-bond acceptors (Lipinski definition) is 5. The van der Waals surface area contributed by atoms with E-state index in [1.807, 2.05) is 6.07 Å². The Balaban J connectivity index is 2.00. The molecular formula is C11H14O5. The van der Waals surface area contributed by atoms with E-state index in [1.165, 1.54) is 0 Å². The second kappa shape index (κ2) is 4.80. The molecule has 4 atom stereocenters. The normalized spacial score (nSPS) is 34.7. The van der Waals surface area contributed by atoms with Crippen LogP contribution >= 0.6 is 0 Å². The highest BCUT2D eigenvalue weighted by Crippen LogP contribution is 2.19. The van der Waals surface area contributed by atoms with Crippen LogP contribution in [0.1, 0.15) is 0 Å². The van der Waals surface area contributed by atoms with E-state index in [0.717, 1.165) is 0 Å². The van der Waals surface area contributed by atoms with Crippen molar-refractivity contribution in [3.8, 4) is 5.75 Å². The van der Waals surface area contributed by atoms with Crippen molar-refractivity contribution >= 4 is 0 Å². The second-order valence-corrected chi connectivity index (χ2v) is 3.68. The Bertz CT molecular complexity index is 328. The number of hydrogen-bond donors (Lipinski definition) is 3. The third kappa shape index (κ3) is 2.33. The van der Waals surface area contributed by atoms with E-state index in [4.69, 9.17) is 9.47 Å². The lowest BCUT2D eigenvalue weighted by Gasteiger charge is -2.34. The molecule has 1 aromatic carbocycles. The molecule has 1 fully saturated rings. The Labute approximate surface area is 92.9 Å². The van der Waals surface area contributed by atoms with E-state index in [2.05, 4.69) is 0 Å². The fourth-order valence-electron chi connectivity index (χ4n) is 1.52. The molecule has 0 aliphatic carbocycles. The van der Waals surface area contributed by atoms with Crippen molar-refractivity contribution in [2.24, 2.45) is 0 Å². The number of para-hydroxylation sites is 1. The highest BCUT2D eigenvalue weighted by molar-refractivity contribution is 5.21. The summed E-state index contributed by atoms with van der Waals surface area (Å²) < 4.78 is 10.4. The van der Waals surface area contributed by atoms with Crippen LogP contribution < -0.4 is 4.74 Å². The third-order valence-corrected chi connectivity index (χ3v) is 2.45. The predicted octanol–water partition coefficient (Wildman–Crippen LogP) is -0.496. The molecule has 88 valence electrons. The molecule has 16 heavy (non-hydrogen) atoms. The summed E-state index contributed by atoms with van der Waals surface area (Å²) in [6.45, 7) is -0.0598. The number of aliphatic hydroxyl groups is 3. The summed E-state index contributed by atoms with van der Waals surface area (Å²) in [6.07, 6.45) is -4.54. The average molecular weight is 226 g/mol. The standard InChI is InChI=1S/C11H14O5/c12-8-6-15-11(10(14)9(8)13)16-7-4-2-1-3-5-7/h1-5,8-14H,6H2/t8-,9+,10-,11-/m1/s1. The first-order valence-electron chi connectivity index (χ1n) is 5.06. The fourth-order valence-corrected chi connectivity index (χ4v) is 1.52. The largest absolute Gasteiger partial charge is 0.462 e. The Morgan fingerprint density at radius 3 is 2.44 bits per heavy atom. The van der Waals surface area contributed by atoms with Gasteiger partial charge in [0.25, 0.3) is 0 Å². The average Bonchev–Trinajstić information content (AvgIpc) is 2.31. The van der Waals surface area contributed by atoms with E-state index in [1.54, 1.807) is 24.3 Å². The lowest BCUT2D eigenvalue weighted by atomic mass is 10.1. The first-order chi connectivity index (χ1) is 7.68. The Hall–Kier alpha value is -1.14. The lowest BCUT2D eigenvalue weighted by molar-refractivity contribution is -0.242. The summed E-state index contributed by atoms with van der Waals surface area (Å²) in [4.78, 5) is 0. The van der Waals surface area contributed by atoms with Crippen molar-refractivity contribution in [3.63, 3.8) is 0 Å². The maximum absolute atomic E-state index is 9.61. The molecule has 0 amide bonds. The van der Waals surface area contributed by atoms with Crippen molar-refractivity contribution in [3.05, 3.63) is 30.3 Å². The Kier molecular flexibility index (Phi) is 3.40. The van der Waals surface area contributed by atoms with Gasteiger partial charge in [0, 0.05) is 0 Å². The van der Waals surface area contributed by atoms with E-state index in [-0.39, 0.29) is 6.61 Å². The molecule has 1 aliphatic rings. The minimum atomic E-state index is -1.26. The monoisotopic (exact) mass is 226 g/mol. The van der Waals surface area contributed by atoms with Gasteiger partial charge in [0.05, 0.1) is 6.61 Å². The molecule has 0 saturated carbocycles. The van der Waals surface area contributed by atoms with E-state index in [0.29, 0.717) is 5.75 Å². The zero-order valence-corrected chi connectivity index (χ0v) is 8.56. The molecule has 5 heteroatoms. The van der Waals surface area contributed by atoms with E-state index < -0.39 is 24.6 Å². The maximum Gasteiger partial charge on any atom is 0.228 e. The van der Waals surface area contributed by atoms with E-state index in [9.17, 15) is 15.3 Å². The van der Waals surface area contributed by atoms with Gasteiger partial charge in [0.2, 0.25) is 6.29 Å². The van der Waals surface area contributed by atoms with Gasteiger partial charge in [-0.3, -0.25) is 0 Å². The van der Waals surface area contributed by atoms with Crippen molar-refractivity contribution < 1.29 is 24.8 Å². The molecular weight excluding hydrogens is 212 g/mol. The highest BCUT2D eigenvalue weighted by atomic mass is 16.7. The van der Waals surface area contributed by atoms with Crippen LogP contribution in [0.2, 0.25) is 0 Å². The zero-order valence-electron chi connectivity index (χ0n) is 8.56. The second-order valence-electron chi connectivity index (χ2n) is 3.68. The van der Waals surface area contributed by atoms with Crippen LogP contribution in [0.25, 0.3) is 0 Å². The third-order valence-electron chi connectivity index (χ3n) is 2.45. The van der Waals surface area contributed by atoms with Gasteiger partial charge in [-0.1, -0.05) is 18.2 Å². The molecule has 5 nitrogen and oxygen atoms in total. The van der Waals surface area contributed by atoms with Crippen LogP contribution in [0.5, 0.6) is 5.75 Å². The van der Waals surface area contributed by atoms with E-state index >= 15 is 0 Å². The van der Waals surface area contributed by atoms with Crippen LogP contribution in [-0.4, -0.2) is 46.5 Å². The smallest absolute Gasteiger partial charge is 0.228 e. The predicted molar refractivity (Wildman–Crippen MR) is 54.8 cm³/mol. The minimum absolute atomic E-state index is 0.0598. The van der Waals surface area contributed by atoms with Crippen LogP contribution in [0.4, 0.5) is 0 Å². The first-order valence-corrected chi connectivity index (χ1v) is 5.06. The van der Waals surface area contributed by atoms with Gasteiger partial charge in [-0.05, 0) is 12.1 Å². The zero-order chi connectivity index (χ0) is 11.5. The summed E-state index contributed by atoms with van der Waals surface area (Å²) in [5.41, 5.74) is 0. The van der Waals surface area contributed by atoms with Gasteiger partial charge in [0.1, 0.15) is 24.1 Å². The molecule has 1 saturated heterocycles. The summed E-state index contributed by atoms with van der Waals surface area (Å²) in [7, 11) is 0. The topological polar surface area (TPSA) is 79.2 Å². The molecule has 0 unspecified atom stereocenters. The Morgan fingerprint density at radius 2 is 1.75 bits per heavy atom. The van der Waals surface area contributed by atoms with Gasteiger partial charge >= 0.3 is 0 Å². The molecule has 0 bridgehead atoms. The molecule has 0 radical (unpaired) electrons. The van der Waals surface area contributed by atoms with Crippen LogP contribution in [-0.2, 0) is 4.74 Å². The molecule has 0 spiro atoms. The highest BCUT2D eigenvalue weighted by Gasteiger charge is 2.38. The number of ether oxygens (including phenoxy) is 2. The number of benzene rings is 1. The Morgan fingerprint density at radius 1 is 1.06 bits per heavy atom. The van der Waals surface area contributed by atoms with Crippen LogP contribution in [0.15, 0.2) is 30.3 Å². The fraction of sp³-hybridized carbons (Fsp3) is 0.455. The van der Waals surface area contributed by atoms with Gasteiger partial charge in [-0.25, -0.2) is 0 Å². The SMILES string of the molecule is O[C@@H]1[C@@H](O)[C@@H](Oc2ccccc2)OC[C@H]1O. The molecule has 1 heterocycles. The minimum Gasteiger partial charge on any atom is -0.462 e. The van der Waals surface area contributed by atoms with Gasteiger partial charge in [0.15, 0.2) is 0 Å². The number of aliphatic hydroxyl groups excluding tert-OH is 3. The summed E-state index contributed by atoms with van der Waals surface area (Å²) >= 11 is 0. The van der Waals surface area contributed by atoms with Crippen molar-refractivity contribution in [1.82, 2.24) is 0 Å².